The van der Waals surface area contributed by atoms with E-state index in [1.165, 1.54) is 6.42 Å². The van der Waals surface area contributed by atoms with Crippen molar-refractivity contribution in [3.05, 3.63) is 23.9 Å². The number of carbonyl (C=O) groups excluding carboxylic acids is 1. The molecule has 0 aliphatic carbocycles. The van der Waals surface area contributed by atoms with E-state index in [2.05, 4.69) is 29.0 Å². The van der Waals surface area contributed by atoms with Gasteiger partial charge in [0, 0.05) is 56.3 Å². The first kappa shape index (κ1) is 15.9. The van der Waals surface area contributed by atoms with E-state index >= 15 is 0 Å². The number of anilines is 1. The number of nitrogens with one attached hydrogen (secondary N) is 1. The van der Waals surface area contributed by atoms with Crippen molar-refractivity contribution in [3.63, 3.8) is 0 Å². The van der Waals surface area contributed by atoms with Gasteiger partial charge >= 0.3 is 0 Å². The van der Waals surface area contributed by atoms with Crippen LogP contribution in [0.2, 0.25) is 0 Å². The van der Waals surface area contributed by atoms with Gasteiger partial charge in [-0.25, -0.2) is 4.98 Å². The highest BCUT2D eigenvalue weighted by molar-refractivity contribution is 5.99. The fraction of sp³-hybridized carbons (Fsp3) is 0.684. The van der Waals surface area contributed by atoms with Gasteiger partial charge in [-0.05, 0) is 31.4 Å². The number of fused-ring (bicyclic) bond motifs is 1. The van der Waals surface area contributed by atoms with Gasteiger partial charge in [0.05, 0.1) is 5.56 Å². The zero-order valence-corrected chi connectivity index (χ0v) is 14.8. The Bertz CT molecular complexity index is 624. The Morgan fingerprint density at radius 1 is 1.12 bits per heavy atom. The van der Waals surface area contributed by atoms with Crippen molar-refractivity contribution in [3.8, 4) is 0 Å². The molecule has 0 bridgehead atoms. The van der Waals surface area contributed by atoms with Gasteiger partial charge < -0.3 is 15.1 Å². The maximum Gasteiger partial charge on any atom is 0.257 e. The summed E-state index contributed by atoms with van der Waals surface area (Å²) in [5, 5.41) is 3.54. The van der Waals surface area contributed by atoms with Crippen molar-refractivity contribution in [2.75, 3.05) is 44.2 Å². The number of pyridine rings is 1. The van der Waals surface area contributed by atoms with Crippen molar-refractivity contribution < 1.29 is 4.79 Å². The SMILES string of the molecule is C[C@@]12CNC[C@]1(C)CN(c1ncccc1C(=O)N1CCCCC1)C2. The van der Waals surface area contributed by atoms with Gasteiger partial charge in [0.2, 0.25) is 0 Å². The third-order valence-electron chi connectivity index (χ3n) is 6.53. The number of carbonyl (C=O) groups is 1. The quantitative estimate of drug-likeness (QED) is 0.904. The van der Waals surface area contributed by atoms with Crippen LogP contribution in [0.25, 0.3) is 0 Å². The molecule has 3 aliphatic heterocycles. The minimum Gasteiger partial charge on any atom is -0.355 e. The van der Waals surface area contributed by atoms with Crippen LogP contribution in [0.15, 0.2) is 18.3 Å². The Kier molecular flexibility index (Phi) is 3.79. The molecule has 1 aromatic heterocycles. The van der Waals surface area contributed by atoms with E-state index in [0.29, 0.717) is 0 Å². The molecule has 1 N–H and O–H groups in total. The summed E-state index contributed by atoms with van der Waals surface area (Å²) >= 11 is 0. The summed E-state index contributed by atoms with van der Waals surface area (Å²) in [6, 6.07) is 3.85. The Morgan fingerprint density at radius 2 is 1.79 bits per heavy atom. The van der Waals surface area contributed by atoms with Crippen LogP contribution < -0.4 is 10.2 Å². The van der Waals surface area contributed by atoms with Crippen LogP contribution in [0.3, 0.4) is 0 Å². The van der Waals surface area contributed by atoms with Gasteiger partial charge in [0.15, 0.2) is 0 Å². The van der Waals surface area contributed by atoms with Gasteiger partial charge in [0.1, 0.15) is 5.82 Å². The number of hydrogen-bond acceptors (Lipinski definition) is 4. The molecule has 5 nitrogen and oxygen atoms in total. The summed E-state index contributed by atoms with van der Waals surface area (Å²) in [6.07, 6.45) is 5.29. The lowest BCUT2D eigenvalue weighted by Gasteiger charge is -2.30. The van der Waals surface area contributed by atoms with E-state index in [1.807, 2.05) is 23.2 Å². The molecule has 1 amide bonds. The molecule has 1 aromatic rings. The van der Waals surface area contributed by atoms with Crippen LogP contribution in [-0.2, 0) is 0 Å². The van der Waals surface area contributed by atoms with E-state index < -0.39 is 0 Å². The molecular weight excluding hydrogens is 300 g/mol. The minimum atomic E-state index is 0.156. The Labute approximate surface area is 144 Å². The molecule has 4 heterocycles. The van der Waals surface area contributed by atoms with Crippen molar-refractivity contribution >= 4 is 11.7 Å². The normalized spacial score (nSPS) is 32.9. The summed E-state index contributed by atoms with van der Waals surface area (Å²) in [5.74, 6) is 1.04. The third kappa shape index (κ3) is 2.41. The summed E-state index contributed by atoms with van der Waals surface area (Å²) in [6.45, 7) is 10.5. The topological polar surface area (TPSA) is 48.5 Å². The number of aromatic nitrogens is 1. The molecule has 0 radical (unpaired) electrons. The molecule has 0 spiro atoms. The van der Waals surface area contributed by atoms with Gasteiger partial charge in [0.25, 0.3) is 5.91 Å². The van der Waals surface area contributed by atoms with Gasteiger partial charge in [-0.1, -0.05) is 13.8 Å². The van der Waals surface area contributed by atoms with E-state index in [1.54, 1.807) is 0 Å². The van der Waals surface area contributed by atoms with Gasteiger partial charge in [-0.15, -0.1) is 0 Å². The molecule has 3 fully saturated rings. The molecule has 3 saturated heterocycles. The van der Waals surface area contributed by atoms with Crippen LogP contribution in [0.1, 0.15) is 43.5 Å². The zero-order valence-electron chi connectivity index (χ0n) is 14.8. The standard InChI is InChI=1S/C19H28N4O/c1-18-11-20-12-19(18,2)14-23(13-18)16-15(7-6-8-21-16)17(24)22-9-4-3-5-10-22/h6-8,20H,3-5,9-14H2,1-2H3/t18-,19+. The average molecular weight is 328 g/mol. The van der Waals surface area contributed by atoms with Crippen LogP contribution in [-0.4, -0.2) is 55.1 Å². The molecule has 2 atom stereocenters. The van der Waals surface area contributed by atoms with Crippen molar-refractivity contribution in [1.82, 2.24) is 15.2 Å². The molecular formula is C19H28N4O. The van der Waals surface area contributed by atoms with Gasteiger partial charge in [-0.2, -0.15) is 0 Å². The fourth-order valence-electron chi connectivity index (χ4n) is 4.67. The lowest BCUT2D eigenvalue weighted by Crippen LogP contribution is -2.37. The molecule has 3 aliphatic rings. The number of hydrogen-bond donors (Lipinski definition) is 1. The number of nitrogens with zero attached hydrogens (tertiary/aromatic N) is 3. The summed E-state index contributed by atoms with van der Waals surface area (Å²) in [7, 11) is 0. The molecule has 0 unspecified atom stereocenters. The molecule has 0 aromatic carbocycles. The highest BCUT2D eigenvalue weighted by atomic mass is 16.2. The van der Waals surface area contributed by atoms with E-state index in [0.717, 1.165) is 63.5 Å². The Morgan fingerprint density at radius 3 is 2.46 bits per heavy atom. The summed E-state index contributed by atoms with van der Waals surface area (Å²) < 4.78 is 0. The Hall–Kier alpha value is -1.62. The highest BCUT2D eigenvalue weighted by Crippen LogP contribution is 2.49. The molecule has 24 heavy (non-hydrogen) atoms. The second-order valence-electron chi connectivity index (χ2n) is 8.31. The van der Waals surface area contributed by atoms with Crippen LogP contribution >= 0.6 is 0 Å². The number of piperidine rings is 1. The second kappa shape index (κ2) is 5.73. The van der Waals surface area contributed by atoms with E-state index in [4.69, 9.17) is 0 Å². The molecule has 130 valence electrons. The number of likely N-dealkylation sites (tertiary alicyclic amines) is 1. The first-order valence-corrected chi connectivity index (χ1v) is 9.22. The van der Waals surface area contributed by atoms with Gasteiger partial charge in [-0.3, -0.25) is 4.79 Å². The highest BCUT2D eigenvalue weighted by Gasteiger charge is 2.55. The third-order valence-corrected chi connectivity index (χ3v) is 6.53. The van der Waals surface area contributed by atoms with Crippen molar-refractivity contribution in [2.24, 2.45) is 10.8 Å². The zero-order chi connectivity index (χ0) is 16.8. The summed E-state index contributed by atoms with van der Waals surface area (Å²) in [4.78, 5) is 22.0. The van der Waals surface area contributed by atoms with Crippen molar-refractivity contribution in [1.29, 1.82) is 0 Å². The van der Waals surface area contributed by atoms with Crippen LogP contribution in [0.5, 0.6) is 0 Å². The smallest absolute Gasteiger partial charge is 0.257 e. The first-order valence-electron chi connectivity index (χ1n) is 9.22. The summed E-state index contributed by atoms with van der Waals surface area (Å²) in [5.41, 5.74) is 1.27. The lowest BCUT2D eigenvalue weighted by molar-refractivity contribution is 0.0724. The largest absolute Gasteiger partial charge is 0.355 e. The lowest BCUT2D eigenvalue weighted by atomic mass is 9.71. The van der Waals surface area contributed by atoms with E-state index in [9.17, 15) is 4.79 Å². The monoisotopic (exact) mass is 328 g/mol. The molecule has 0 saturated carbocycles. The predicted octanol–water partition coefficient (Wildman–Crippen LogP) is 2.14. The van der Waals surface area contributed by atoms with E-state index in [-0.39, 0.29) is 16.7 Å². The van der Waals surface area contributed by atoms with Crippen LogP contribution in [0, 0.1) is 10.8 Å². The minimum absolute atomic E-state index is 0.156. The maximum absolute atomic E-state index is 13.0. The number of rotatable bonds is 2. The van der Waals surface area contributed by atoms with Crippen LogP contribution in [0.4, 0.5) is 5.82 Å². The molecule has 5 heteroatoms. The fourth-order valence-corrected chi connectivity index (χ4v) is 4.67. The second-order valence-corrected chi connectivity index (χ2v) is 8.31. The first-order chi connectivity index (χ1) is 11.5. The maximum atomic E-state index is 13.0. The predicted molar refractivity (Wildman–Crippen MR) is 95.3 cm³/mol. The number of amides is 1. The Balaban J connectivity index is 1.62. The van der Waals surface area contributed by atoms with Crippen molar-refractivity contribution in [2.45, 2.75) is 33.1 Å². The molecule has 4 rings (SSSR count). The average Bonchev–Trinajstić information content (AvgIpc) is 3.02.